The van der Waals surface area contributed by atoms with Crippen molar-refractivity contribution in [1.82, 2.24) is 4.98 Å². The maximum Gasteiger partial charge on any atom is 0.201 e. The molecule has 112 valence electrons. The van der Waals surface area contributed by atoms with Crippen LogP contribution in [0.1, 0.15) is 34.8 Å². The van der Waals surface area contributed by atoms with Gasteiger partial charge in [-0.1, -0.05) is 0 Å². The number of benzene rings is 1. The lowest BCUT2D eigenvalue weighted by molar-refractivity contribution is -0.118. The van der Waals surface area contributed by atoms with Crippen LogP contribution in [0.5, 0.6) is 0 Å². The molecule has 22 heavy (non-hydrogen) atoms. The topological polar surface area (TPSA) is 56.2 Å². The third-order valence-corrected chi connectivity index (χ3v) is 4.27. The number of aryl methyl sites for hydroxylation is 3. The predicted octanol–water partition coefficient (Wildman–Crippen LogP) is 3.57. The molecule has 0 spiro atoms. The van der Waals surface area contributed by atoms with Gasteiger partial charge in [0.05, 0.1) is 18.9 Å². The molecule has 0 atom stereocenters. The van der Waals surface area contributed by atoms with Gasteiger partial charge in [-0.05, 0) is 49.4 Å². The van der Waals surface area contributed by atoms with Gasteiger partial charge in [-0.2, -0.15) is 0 Å². The minimum Gasteiger partial charge on any atom is -0.464 e. The van der Waals surface area contributed by atoms with Crippen molar-refractivity contribution >= 4 is 16.8 Å². The second-order valence-electron chi connectivity index (χ2n) is 5.99. The zero-order valence-corrected chi connectivity index (χ0v) is 12.5. The van der Waals surface area contributed by atoms with Gasteiger partial charge in [0.2, 0.25) is 5.89 Å². The summed E-state index contributed by atoms with van der Waals surface area (Å²) in [7, 11) is 0. The average Bonchev–Trinajstić information content (AvgIpc) is 3.18. The summed E-state index contributed by atoms with van der Waals surface area (Å²) < 4.78 is 11.0. The summed E-state index contributed by atoms with van der Waals surface area (Å²) in [5, 5.41) is 1.07. The molecule has 1 aliphatic rings. The summed E-state index contributed by atoms with van der Waals surface area (Å²) in [5.74, 6) is 1.30. The van der Waals surface area contributed by atoms with Crippen LogP contribution >= 0.6 is 0 Å². The van der Waals surface area contributed by atoms with Crippen LogP contribution in [-0.2, 0) is 30.5 Å². The second kappa shape index (κ2) is 5.13. The van der Waals surface area contributed by atoms with Crippen molar-refractivity contribution in [3.05, 3.63) is 52.9 Å². The van der Waals surface area contributed by atoms with Crippen LogP contribution < -0.4 is 0 Å². The minimum absolute atomic E-state index is 0.0880. The number of ketones is 1. The van der Waals surface area contributed by atoms with E-state index < -0.39 is 0 Å². The Bertz CT molecular complexity index is 856. The first-order valence-electron chi connectivity index (χ1n) is 7.64. The maximum atomic E-state index is 12.2. The molecule has 0 unspecified atom stereocenters. The minimum atomic E-state index is 0.0880. The Hall–Kier alpha value is -2.36. The molecule has 4 heteroatoms. The molecule has 0 amide bonds. The van der Waals surface area contributed by atoms with Crippen LogP contribution in [0.15, 0.2) is 33.4 Å². The highest BCUT2D eigenvalue weighted by molar-refractivity contribution is 5.90. The third-order valence-electron chi connectivity index (χ3n) is 4.27. The first-order valence-corrected chi connectivity index (χ1v) is 7.64. The summed E-state index contributed by atoms with van der Waals surface area (Å²) in [6.45, 7) is 1.82. The number of Topliss-reactive ketones (excluding diaryl/α,β-unsaturated/α-hetero) is 1. The van der Waals surface area contributed by atoms with Gasteiger partial charge in [0.25, 0.3) is 0 Å². The summed E-state index contributed by atoms with van der Waals surface area (Å²) in [4.78, 5) is 16.3. The summed E-state index contributed by atoms with van der Waals surface area (Å²) in [6, 6.07) is 4.32. The number of hydrogen-bond acceptors (Lipinski definition) is 4. The Kier molecular flexibility index (Phi) is 3.10. The van der Waals surface area contributed by atoms with E-state index in [1.54, 1.807) is 12.5 Å². The van der Waals surface area contributed by atoms with Crippen molar-refractivity contribution in [1.29, 1.82) is 0 Å². The Morgan fingerprint density at radius 2 is 2.05 bits per heavy atom. The van der Waals surface area contributed by atoms with Gasteiger partial charge in [-0.15, -0.1) is 0 Å². The van der Waals surface area contributed by atoms with Gasteiger partial charge < -0.3 is 8.83 Å². The first-order chi connectivity index (χ1) is 10.7. The third kappa shape index (κ3) is 2.34. The fourth-order valence-corrected chi connectivity index (χ4v) is 3.21. The molecule has 4 rings (SSSR count). The number of aromatic nitrogens is 1. The number of carbonyl (C=O) groups excluding carboxylic acids is 1. The lowest BCUT2D eigenvalue weighted by Gasteiger charge is -2.01. The normalized spacial score (nSPS) is 13.7. The molecule has 2 heterocycles. The highest BCUT2D eigenvalue weighted by atomic mass is 16.4. The maximum absolute atomic E-state index is 12.2. The Balaban J connectivity index is 1.57. The van der Waals surface area contributed by atoms with Crippen molar-refractivity contribution in [2.75, 3.05) is 0 Å². The number of oxazole rings is 1. The molecular weight excluding hydrogens is 278 g/mol. The van der Waals surface area contributed by atoms with Gasteiger partial charge in [-0.3, -0.25) is 4.79 Å². The van der Waals surface area contributed by atoms with Crippen molar-refractivity contribution in [2.24, 2.45) is 0 Å². The van der Waals surface area contributed by atoms with E-state index in [9.17, 15) is 4.79 Å². The van der Waals surface area contributed by atoms with E-state index in [2.05, 4.69) is 17.1 Å². The molecule has 0 bridgehead atoms. The first kappa shape index (κ1) is 13.3. The summed E-state index contributed by atoms with van der Waals surface area (Å²) in [6.07, 6.45) is 7.39. The largest absolute Gasteiger partial charge is 0.464 e. The van der Waals surface area contributed by atoms with Crippen molar-refractivity contribution in [3.63, 3.8) is 0 Å². The van der Waals surface area contributed by atoms with E-state index in [0.29, 0.717) is 12.3 Å². The highest BCUT2D eigenvalue weighted by Gasteiger charge is 2.17. The Labute approximate surface area is 128 Å². The van der Waals surface area contributed by atoms with Crippen molar-refractivity contribution < 1.29 is 13.6 Å². The zero-order valence-electron chi connectivity index (χ0n) is 12.5. The van der Waals surface area contributed by atoms with Gasteiger partial charge in [-0.25, -0.2) is 4.98 Å². The Morgan fingerprint density at radius 1 is 1.23 bits per heavy atom. The molecule has 0 saturated heterocycles. The second-order valence-corrected chi connectivity index (χ2v) is 5.99. The van der Waals surface area contributed by atoms with E-state index in [4.69, 9.17) is 8.83 Å². The van der Waals surface area contributed by atoms with Gasteiger partial charge in [0.1, 0.15) is 17.1 Å². The molecule has 4 nitrogen and oxygen atoms in total. The molecule has 0 radical (unpaired) electrons. The van der Waals surface area contributed by atoms with E-state index in [1.165, 1.54) is 17.5 Å². The molecule has 2 aromatic heterocycles. The van der Waals surface area contributed by atoms with Crippen LogP contribution in [0.2, 0.25) is 0 Å². The predicted molar refractivity (Wildman–Crippen MR) is 81.9 cm³/mol. The van der Waals surface area contributed by atoms with E-state index in [0.717, 1.165) is 35.1 Å². The highest BCUT2D eigenvalue weighted by Crippen LogP contribution is 2.30. The smallest absolute Gasteiger partial charge is 0.201 e. The monoisotopic (exact) mass is 295 g/mol. The molecule has 0 saturated carbocycles. The number of nitrogens with zero attached hydrogens (tertiary/aromatic N) is 1. The molecule has 3 aromatic rings. The fourth-order valence-electron chi connectivity index (χ4n) is 3.21. The van der Waals surface area contributed by atoms with E-state index in [1.807, 2.05) is 6.92 Å². The summed E-state index contributed by atoms with van der Waals surface area (Å²) in [5.41, 5.74) is 4.62. The van der Waals surface area contributed by atoms with Crippen LogP contribution in [0, 0.1) is 6.92 Å². The van der Waals surface area contributed by atoms with Crippen LogP contribution in [0.3, 0.4) is 0 Å². The quantitative estimate of drug-likeness (QED) is 0.738. The van der Waals surface area contributed by atoms with E-state index >= 15 is 0 Å². The number of rotatable bonds is 4. The lowest BCUT2D eigenvalue weighted by Crippen LogP contribution is -2.06. The van der Waals surface area contributed by atoms with Crippen LogP contribution in [0.4, 0.5) is 0 Å². The molecule has 0 aliphatic heterocycles. The molecule has 1 aromatic carbocycles. The Morgan fingerprint density at radius 3 is 2.82 bits per heavy atom. The zero-order chi connectivity index (χ0) is 15.1. The van der Waals surface area contributed by atoms with Crippen molar-refractivity contribution in [2.45, 2.75) is 39.0 Å². The number of carbonyl (C=O) groups is 1. The molecule has 0 fully saturated rings. The summed E-state index contributed by atoms with van der Waals surface area (Å²) >= 11 is 0. The average molecular weight is 295 g/mol. The van der Waals surface area contributed by atoms with Crippen LogP contribution in [0.25, 0.3) is 11.0 Å². The van der Waals surface area contributed by atoms with Gasteiger partial charge in [0, 0.05) is 17.4 Å². The van der Waals surface area contributed by atoms with E-state index in [-0.39, 0.29) is 12.2 Å². The number of fused-ring (bicyclic) bond motifs is 2. The SMILES string of the molecule is Cc1cnc(CC(=O)Cc2coc3cc4c(cc23)CCC4)o1. The van der Waals surface area contributed by atoms with Gasteiger partial charge in [0.15, 0.2) is 0 Å². The standard InChI is InChI=1S/C18H17NO3/c1-11-9-19-18(22-11)8-15(20)5-14-10-21-17-7-13-4-2-3-12(13)6-16(14)17/h6-7,9-10H,2-5,8H2,1H3. The van der Waals surface area contributed by atoms with Gasteiger partial charge >= 0.3 is 0 Å². The molecule has 1 aliphatic carbocycles. The van der Waals surface area contributed by atoms with Crippen molar-refractivity contribution in [3.8, 4) is 0 Å². The van der Waals surface area contributed by atoms with Crippen LogP contribution in [-0.4, -0.2) is 10.8 Å². The molecular formula is C18H17NO3. The fraction of sp³-hybridized carbons (Fsp3) is 0.333. The number of hydrogen-bond donors (Lipinski definition) is 0. The number of furan rings is 1. The lowest BCUT2D eigenvalue weighted by atomic mass is 10.0. The molecule has 0 N–H and O–H groups in total.